The number of benzene rings is 1. The first-order chi connectivity index (χ1) is 8.26. The zero-order chi connectivity index (χ0) is 12.3. The van der Waals surface area contributed by atoms with E-state index in [1.807, 2.05) is 0 Å². The average molecular weight is 232 g/mol. The summed E-state index contributed by atoms with van der Waals surface area (Å²) in [6.45, 7) is 10.1. The molecule has 0 bridgehead atoms. The van der Waals surface area contributed by atoms with Gasteiger partial charge in [0.05, 0.1) is 0 Å². The maximum atomic E-state index is 3.53. The fourth-order valence-electron chi connectivity index (χ4n) is 2.85. The molecule has 1 fully saturated rings. The van der Waals surface area contributed by atoms with E-state index in [0.29, 0.717) is 6.04 Å². The number of hydrogen-bond acceptors (Lipinski definition) is 2. The summed E-state index contributed by atoms with van der Waals surface area (Å²) in [6, 6.07) is 9.59. The van der Waals surface area contributed by atoms with Crippen molar-refractivity contribution in [3.8, 4) is 0 Å². The molecule has 2 nitrogen and oxygen atoms in total. The Hall–Kier alpha value is -1.02. The number of nitrogens with zero attached hydrogens (tertiary/aromatic N) is 1. The van der Waals surface area contributed by atoms with E-state index in [2.05, 4.69) is 55.3 Å². The molecule has 1 aromatic rings. The molecular formula is C15H24N2. The number of hydrogen-bond donors (Lipinski definition) is 1. The molecule has 0 amide bonds. The molecule has 2 unspecified atom stereocenters. The molecule has 94 valence electrons. The first-order valence-electron chi connectivity index (χ1n) is 6.80. The lowest BCUT2D eigenvalue weighted by atomic mass is 9.98. The number of likely N-dealkylation sites (N-methyl/N-ethyl adjacent to an activating group) is 1. The zero-order valence-electron chi connectivity index (χ0n) is 11.2. The van der Waals surface area contributed by atoms with Gasteiger partial charge in [-0.2, -0.15) is 0 Å². The van der Waals surface area contributed by atoms with Crippen LogP contribution in [0.4, 0.5) is 5.69 Å². The molecular weight excluding hydrogens is 208 g/mol. The Morgan fingerprint density at radius 3 is 2.47 bits per heavy atom. The Bertz CT molecular complexity index is 344. The normalized spacial score (nSPS) is 23.9. The molecule has 1 N–H and O–H groups in total. The smallest absolute Gasteiger partial charge is 0.0454 e. The van der Waals surface area contributed by atoms with Crippen molar-refractivity contribution in [1.82, 2.24) is 5.32 Å². The van der Waals surface area contributed by atoms with Gasteiger partial charge in [-0.25, -0.2) is 0 Å². The van der Waals surface area contributed by atoms with E-state index in [1.165, 1.54) is 24.2 Å². The van der Waals surface area contributed by atoms with E-state index in [9.17, 15) is 0 Å². The number of aryl methyl sites for hydroxylation is 1. The van der Waals surface area contributed by atoms with Crippen LogP contribution in [0.2, 0.25) is 0 Å². The van der Waals surface area contributed by atoms with Gasteiger partial charge in [0.1, 0.15) is 0 Å². The van der Waals surface area contributed by atoms with Crippen molar-refractivity contribution in [3.05, 3.63) is 29.8 Å². The summed E-state index contributed by atoms with van der Waals surface area (Å²) >= 11 is 0. The standard InChI is InChI=1S/C15H24N2/c1-4-13-10-16-11-15(13)17(5-2)14-8-6-12(3)7-9-14/h6-9,13,15-16H,4-5,10-11H2,1-3H3. The molecule has 1 saturated heterocycles. The van der Waals surface area contributed by atoms with Crippen molar-refractivity contribution in [2.45, 2.75) is 33.2 Å². The lowest BCUT2D eigenvalue weighted by Gasteiger charge is -2.33. The number of anilines is 1. The first-order valence-corrected chi connectivity index (χ1v) is 6.80. The molecule has 17 heavy (non-hydrogen) atoms. The van der Waals surface area contributed by atoms with Crippen LogP contribution in [0.15, 0.2) is 24.3 Å². The summed E-state index contributed by atoms with van der Waals surface area (Å²) in [5, 5.41) is 3.53. The van der Waals surface area contributed by atoms with Crippen molar-refractivity contribution in [2.75, 3.05) is 24.5 Å². The number of rotatable bonds is 4. The number of nitrogens with one attached hydrogen (secondary N) is 1. The van der Waals surface area contributed by atoms with Gasteiger partial charge in [-0.15, -0.1) is 0 Å². The molecule has 0 saturated carbocycles. The third-order valence-corrected chi connectivity index (χ3v) is 3.94. The average Bonchev–Trinajstić information content (AvgIpc) is 2.81. The molecule has 2 atom stereocenters. The second-order valence-corrected chi connectivity index (χ2v) is 5.02. The quantitative estimate of drug-likeness (QED) is 0.858. The minimum absolute atomic E-state index is 0.660. The van der Waals surface area contributed by atoms with Gasteiger partial charge in [0.25, 0.3) is 0 Å². The van der Waals surface area contributed by atoms with Gasteiger partial charge in [0.2, 0.25) is 0 Å². The Morgan fingerprint density at radius 2 is 1.88 bits per heavy atom. The summed E-state index contributed by atoms with van der Waals surface area (Å²) in [5.74, 6) is 0.788. The Balaban J connectivity index is 2.18. The van der Waals surface area contributed by atoms with Gasteiger partial charge in [0, 0.05) is 31.4 Å². The second-order valence-electron chi connectivity index (χ2n) is 5.02. The van der Waals surface area contributed by atoms with Crippen LogP contribution in [0.25, 0.3) is 0 Å². The molecule has 1 heterocycles. The molecule has 0 radical (unpaired) electrons. The van der Waals surface area contributed by atoms with E-state index in [4.69, 9.17) is 0 Å². The summed E-state index contributed by atoms with van der Waals surface area (Å²) < 4.78 is 0. The van der Waals surface area contributed by atoms with Gasteiger partial charge in [-0.3, -0.25) is 0 Å². The third-order valence-electron chi connectivity index (χ3n) is 3.94. The van der Waals surface area contributed by atoms with E-state index in [0.717, 1.165) is 19.0 Å². The SMILES string of the molecule is CCC1CNCC1N(CC)c1ccc(C)cc1. The van der Waals surface area contributed by atoms with E-state index >= 15 is 0 Å². The summed E-state index contributed by atoms with van der Waals surface area (Å²) in [6.07, 6.45) is 1.26. The van der Waals surface area contributed by atoms with E-state index in [1.54, 1.807) is 0 Å². The first kappa shape index (κ1) is 12.4. The van der Waals surface area contributed by atoms with E-state index < -0.39 is 0 Å². The van der Waals surface area contributed by atoms with E-state index in [-0.39, 0.29) is 0 Å². The van der Waals surface area contributed by atoms with Gasteiger partial charge in [0.15, 0.2) is 0 Å². The fourth-order valence-corrected chi connectivity index (χ4v) is 2.85. The van der Waals surface area contributed by atoms with Crippen molar-refractivity contribution in [1.29, 1.82) is 0 Å². The van der Waals surface area contributed by atoms with Gasteiger partial charge >= 0.3 is 0 Å². The minimum atomic E-state index is 0.660. The van der Waals surface area contributed by atoms with Crippen molar-refractivity contribution in [3.63, 3.8) is 0 Å². The largest absolute Gasteiger partial charge is 0.367 e. The lowest BCUT2D eigenvalue weighted by molar-refractivity contribution is 0.470. The Morgan fingerprint density at radius 1 is 1.18 bits per heavy atom. The summed E-state index contributed by atoms with van der Waals surface area (Å²) in [7, 11) is 0. The third kappa shape index (κ3) is 2.63. The highest BCUT2D eigenvalue weighted by Crippen LogP contribution is 2.25. The molecule has 0 aromatic heterocycles. The maximum absolute atomic E-state index is 3.53. The van der Waals surface area contributed by atoms with Crippen LogP contribution in [-0.2, 0) is 0 Å². The predicted molar refractivity (Wildman–Crippen MR) is 74.6 cm³/mol. The van der Waals surface area contributed by atoms with Crippen LogP contribution in [-0.4, -0.2) is 25.7 Å². The van der Waals surface area contributed by atoms with Crippen molar-refractivity contribution >= 4 is 5.69 Å². The van der Waals surface area contributed by atoms with Crippen LogP contribution in [0.5, 0.6) is 0 Å². The second kappa shape index (κ2) is 5.54. The van der Waals surface area contributed by atoms with Crippen LogP contribution < -0.4 is 10.2 Å². The van der Waals surface area contributed by atoms with Crippen LogP contribution in [0.3, 0.4) is 0 Å². The summed E-state index contributed by atoms with van der Waals surface area (Å²) in [4.78, 5) is 2.55. The Kier molecular flexibility index (Phi) is 4.06. The molecule has 1 aliphatic heterocycles. The highest BCUT2D eigenvalue weighted by atomic mass is 15.2. The molecule has 0 spiro atoms. The predicted octanol–water partition coefficient (Wildman–Crippen LogP) is 2.82. The van der Waals surface area contributed by atoms with Crippen molar-refractivity contribution in [2.24, 2.45) is 5.92 Å². The molecule has 1 aromatic carbocycles. The summed E-state index contributed by atoms with van der Waals surface area (Å²) in [5.41, 5.74) is 2.70. The molecule has 1 aliphatic rings. The molecule has 0 aliphatic carbocycles. The van der Waals surface area contributed by atoms with Crippen LogP contribution >= 0.6 is 0 Å². The van der Waals surface area contributed by atoms with Gasteiger partial charge in [-0.05, 0) is 31.9 Å². The van der Waals surface area contributed by atoms with Crippen LogP contribution in [0.1, 0.15) is 25.8 Å². The van der Waals surface area contributed by atoms with Gasteiger partial charge < -0.3 is 10.2 Å². The Labute approximate surface area is 105 Å². The zero-order valence-corrected chi connectivity index (χ0v) is 11.2. The molecule has 2 rings (SSSR count). The molecule has 2 heteroatoms. The van der Waals surface area contributed by atoms with Gasteiger partial charge in [-0.1, -0.05) is 31.0 Å². The lowest BCUT2D eigenvalue weighted by Crippen LogP contribution is -2.40. The maximum Gasteiger partial charge on any atom is 0.0454 e. The van der Waals surface area contributed by atoms with Crippen molar-refractivity contribution < 1.29 is 0 Å². The highest BCUT2D eigenvalue weighted by Gasteiger charge is 2.30. The fraction of sp³-hybridized carbons (Fsp3) is 0.600. The minimum Gasteiger partial charge on any atom is -0.367 e. The highest BCUT2D eigenvalue weighted by molar-refractivity contribution is 5.49. The van der Waals surface area contributed by atoms with Crippen LogP contribution in [0, 0.1) is 12.8 Å². The monoisotopic (exact) mass is 232 g/mol. The topological polar surface area (TPSA) is 15.3 Å².